The molecule has 0 bridgehead atoms. The van der Waals surface area contributed by atoms with E-state index in [0.29, 0.717) is 11.1 Å². The Bertz CT molecular complexity index is 994. The van der Waals surface area contributed by atoms with Gasteiger partial charge < -0.3 is 9.84 Å². The van der Waals surface area contributed by atoms with Gasteiger partial charge in [-0.3, -0.25) is 14.5 Å². The number of ether oxygens (including phenoxy) is 1. The summed E-state index contributed by atoms with van der Waals surface area (Å²) in [5, 5.41) is 8.39. The number of carboxylic acids is 1. The summed E-state index contributed by atoms with van der Waals surface area (Å²) < 4.78 is 18.4. The molecule has 0 spiro atoms. The fourth-order valence-corrected chi connectivity index (χ4v) is 3.52. The van der Waals surface area contributed by atoms with Gasteiger partial charge in [0.2, 0.25) is 0 Å². The molecule has 6 nitrogen and oxygen atoms in total. The highest BCUT2D eigenvalue weighted by molar-refractivity contribution is 8.18. The minimum Gasteiger partial charge on any atom is -0.481 e. The molecule has 1 fully saturated rings. The average Bonchev–Trinajstić information content (AvgIpc) is 2.90. The van der Waals surface area contributed by atoms with Crippen molar-refractivity contribution < 1.29 is 28.6 Å². The monoisotopic (exact) mass is 421 g/mol. The van der Waals surface area contributed by atoms with Crippen LogP contribution in [0.25, 0.3) is 6.08 Å². The molecule has 1 aliphatic heterocycles. The minimum atomic E-state index is -1.13. The summed E-state index contributed by atoms with van der Waals surface area (Å²) in [6.07, 6.45) is 1.47. The van der Waals surface area contributed by atoms with Crippen molar-refractivity contribution in [2.75, 3.05) is 6.61 Å². The SMILES string of the molecule is O=C(O)COc1ccccc1C=C1SC(=O)N(Cc2ccc(F)cc2Cl)C1=O. The summed E-state index contributed by atoms with van der Waals surface area (Å²) in [7, 11) is 0. The lowest BCUT2D eigenvalue weighted by atomic mass is 10.1. The standard InChI is InChI=1S/C19H13ClFNO5S/c20-14-8-13(21)6-5-12(14)9-22-18(25)16(28-19(22)26)7-11-3-1-2-4-15(11)27-10-17(23)24/h1-8H,9-10H2,(H,23,24). The van der Waals surface area contributed by atoms with Crippen molar-refractivity contribution in [1.29, 1.82) is 0 Å². The normalized spacial score (nSPS) is 15.4. The van der Waals surface area contributed by atoms with Gasteiger partial charge in [0, 0.05) is 10.6 Å². The van der Waals surface area contributed by atoms with Crippen molar-refractivity contribution in [3.05, 3.63) is 69.3 Å². The van der Waals surface area contributed by atoms with E-state index in [1.165, 1.54) is 18.2 Å². The summed E-state index contributed by atoms with van der Waals surface area (Å²) in [6.45, 7) is -0.617. The fraction of sp³-hybridized carbons (Fsp3) is 0.105. The first-order valence-electron chi connectivity index (χ1n) is 7.98. The van der Waals surface area contributed by atoms with Gasteiger partial charge in [-0.1, -0.05) is 35.9 Å². The third-order valence-corrected chi connectivity index (χ3v) is 5.03. The van der Waals surface area contributed by atoms with Crippen molar-refractivity contribution in [3.8, 4) is 5.75 Å². The molecule has 144 valence electrons. The number of imide groups is 1. The molecule has 1 N–H and O–H groups in total. The van der Waals surface area contributed by atoms with Gasteiger partial charge in [0.1, 0.15) is 11.6 Å². The van der Waals surface area contributed by atoms with Gasteiger partial charge in [-0.2, -0.15) is 0 Å². The van der Waals surface area contributed by atoms with Gasteiger partial charge in [0.05, 0.1) is 11.4 Å². The van der Waals surface area contributed by atoms with Crippen LogP contribution in [-0.4, -0.2) is 33.7 Å². The quantitative estimate of drug-likeness (QED) is 0.704. The molecule has 0 atom stereocenters. The van der Waals surface area contributed by atoms with Gasteiger partial charge >= 0.3 is 5.97 Å². The Kier molecular flexibility index (Phi) is 6.01. The number of aliphatic carboxylic acids is 1. The number of para-hydroxylation sites is 1. The molecular weight excluding hydrogens is 409 g/mol. The van der Waals surface area contributed by atoms with E-state index in [2.05, 4.69) is 0 Å². The number of thioether (sulfide) groups is 1. The van der Waals surface area contributed by atoms with Crippen LogP contribution in [0, 0.1) is 5.82 Å². The zero-order valence-electron chi connectivity index (χ0n) is 14.2. The summed E-state index contributed by atoms with van der Waals surface area (Å²) in [5.74, 6) is -1.89. The van der Waals surface area contributed by atoms with Gasteiger partial charge in [-0.25, -0.2) is 9.18 Å². The number of carbonyl (C=O) groups excluding carboxylic acids is 2. The zero-order valence-corrected chi connectivity index (χ0v) is 15.8. The largest absolute Gasteiger partial charge is 0.481 e. The molecule has 1 saturated heterocycles. The van der Waals surface area contributed by atoms with E-state index < -0.39 is 29.5 Å². The van der Waals surface area contributed by atoms with Crippen LogP contribution in [0.3, 0.4) is 0 Å². The summed E-state index contributed by atoms with van der Waals surface area (Å²) in [4.78, 5) is 36.8. The zero-order chi connectivity index (χ0) is 20.3. The summed E-state index contributed by atoms with van der Waals surface area (Å²) >= 11 is 6.72. The van der Waals surface area contributed by atoms with E-state index in [1.807, 2.05) is 0 Å². The molecule has 3 rings (SSSR count). The second-order valence-electron chi connectivity index (χ2n) is 5.72. The molecule has 0 radical (unpaired) electrons. The molecule has 9 heteroatoms. The van der Waals surface area contributed by atoms with Crippen molar-refractivity contribution in [2.24, 2.45) is 0 Å². The third kappa shape index (κ3) is 4.52. The van der Waals surface area contributed by atoms with Gasteiger partial charge in [-0.05, 0) is 41.6 Å². The van der Waals surface area contributed by atoms with Gasteiger partial charge in [0.15, 0.2) is 6.61 Å². The van der Waals surface area contributed by atoms with Crippen molar-refractivity contribution in [2.45, 2.75) is 6.54 Å². The molecule has 1 aliphatic rings. The summed E-state index contributed by atoms with van der Waals surface area (Å²) in [6, 6.07) is 10.3. The lowest BCUT2D eigenvalue weighted by molar-refractivity contribution is -0.139. The molecule has 0 unspecified atom stereocenters. The van der Waals surface area contributed by atoms with Crippen LogP contribution in [0.2, 0.25) is 5.02 Å². The van der Waals surface area contributed by atoms with Crippen molar-refractivity contribution in [1.82, 2.24) is 4.90 Å². The lowest BCUT2D eigenvalue weighted by Gasteiger charge is -2.13. The van der Waals surface area contributed by atoms with Gasteiger partial charge in [-0.15, -0.1) is 0 Å². The fourth-order valence-electron chi connectivity index (χ4n) is 2.47. The minimum absolute atomic E-state index is 0.0850. The average molecular weight is 422 g/mol. The Morgan fingerprint density at radius 2 is 2.00 bits per heavy atom. The van der Waals surface area contributed by atoms with E-state index in [-0.39, 0.29) is 22.2 Å². The van der Waals surface area contributed by atoms with Crippen LogP contribution in [0.15, 0.2) is 47.4 Å². The molecule has 2 amide bonds. The topological polar surface area (TPSA) is 83.9 Å². The highest BCUT2D eigenvalue weighted by Crippen LogP contribution is 2.35. The molecule has 2 aromatic carbocycles. The number of hydrogen-bond donors (Lipinski definition) is 1. The smallest absolute Gasteiger partial charge is 0.341 e. The third-order valence-electron chi connectivity index (χ3n) is 3.77. The number of halogens is 2. The van der Waals surface area contributed by atoms with Crippen molar-refractivity contribution in [3.63, 3.8) is 0 Å². The predicted octanol–water partition coefficient (Wildman–Crippen LogP) is 4.18. The number of carbonyl (C=O) groups is 3. The van der Waals surface area contributed by atoms with E-state index in [9.17, 15) is 18.8 Å². The van der Waals surface area contributed by atoms with E-state index in [0.717, 1.165) is 22.7 Å². The molecule has 0 saturated carbocycles. The number of carboxylic acid groups (broad SMARTS) is 1. The molecule has 2 aromatic rings. The number of benzene rings is 2. The summed E-state index contributed by atoms with van der Waals surface area (Å²) in [5.41, 5.74) is 0.908. The second-order valence-corrected chi connectivity index (χ2v) is 7.12. The van der Waals surface area contributed by atoms with E-state index in [4.69, 9.17) is 21.4 Å². The Balaban J connectivity index is 1.82. The van der Waals surface area contributed by atoms with E-state index >= 15 is 0 Å². The number of rotatable bonds is 6. The van der Waals surface area contributed by atoms with Crippen LogP contribution in [0.4, 0.5) is 9.18 Å². The molecule has 1 heterocycles. The molecular formula is C19H13ClFNO5S. The van der Waals surface area contributed by atoms with Crippen molar-refractivity contribution >= 4 is 46.6 Å². The Morgan fingerprint density at radius 3 is 2.71 bits per heavy atom. The number of amides is 2. The molecule has 0 aromatic heterocycles. The van der Waals surface area contributed by atoms with E-state index in [1.54, 1.807) is 24.3 Å². The Hall–Kier alpha value is -2.84. The highest BCUT2D eigenvalue weighted by atomic mass is 35.5. The highest BCUT2D eigenvalue weighted by Gasteiger charge is 2.35. The lowest BCUT2D eigenvalue weighted by Crippen LogP contribution is -2.27. The Labute approximate surface area is 168 Å². The predicted molar refractivity (Wildman–Crippen MR) is 102 cm³/mol. The molecule has 0 aliphatic carbocycles. The number of nitrogens with zero attached hydrogens (tertiary/aromatic N) is 1. The van der Waals surface area contributed by atoms with Crippen LogP contribution in [-0.2, 0) is 16.1 Å². The first kappa shape index (κ1) is 19.9. The molecule has 28 heavy (non-hydrogen) atoms. The first-order chi connectivity index (χ1) is 13.3. The first-order valence-corrected chi connectivity index (χ1v) is 9.17. The Morgan fingerprint density at radius 1 is 1.25 bits per heavy atom. The van der Waals surface area contributed by atoms with Gasteiger partial charge in [0.25, 0.3) is 11.1 Å². The second kappa shape index (κ2) is 8.45. The van der Waals surface area contributed by atoms with Crippen LogP contribution < -0.4 is 4.74 Å². The van der Waals surface area contributed by atoms with Crippen LogP contribution in [0.1, 0.15) is 11.1 Å². The maximum Gasteiger partial charge on any atom is 0.341 e. The van der Waals surface area contributed by atoms with Crippen LogP contribution >= 0.6 is 23.4 Å². The maximum atomic E-state index is 13.2. The van der Waals surface area contributed by atoms with Crippen LogP contribution in [0.5, 0.6) is 5.75 Å². The maximum absolute atomic E-state index is 13.2. The number of hydrogen-bond acceptors (Lipinski definition) is 5.